The Bertz CT molecular complexity index is 1300. The fourth-order valence-corrected chi connectivity index (χ4v) is 4.04. The maximum atomic E-state index is 10.7. The lowest BCUT2D eigenvalue weighted by Gasteiger charge is -2.18. The standard InChI is InChI=1S/C21H26N10O4/c1-2-31-28-18(27-29-31)16-14(33)15(34)20(35-16)30-10-23-13-17(22)25-21(26-19(13)30)24-12(9-32)8-11-6-4-3-5-7-11/h3-7,10,12,14-16,20,32-34H,2,8-9H2,1H3,(H3,22,24,25,26)/t12-,14?,15?,16-,20+/m0/s1. The molecule has 0 spiro atoms. The van der Waals surface area contributed by atoms with E-state index in [1.165, 1.54) is 15.7 Å². The molecule has 3 aromatic heterocycles. The molecule has 0 aliphatic carbocycles. The lowest BCUT2D eigenvalue weighted by Crippen LogP contribution is -2.29. The zero-order valence-electron chi connectivity index (χ0n) is 18.9. The molecule has 1 fully saturated rings. The Morgan fingerprint density at radius 1 is 1.17 bits per heavy atom. The summed E-state index contributed by atoms with van der Waals surface area (Å²) in [4.78, 5) is 14.4. The van der Waals surface area contributed by atoms with Crippen LogP contribution in [0.1, 0.15) is 30.6 Å². The highest BCUT2D eigenvalue weighted by atomic mass is 16.6. The second-order valence-electron chi connectivity index (χ2n) is 8.23. The van der Waals surface area contributed by atoms with E-state index in [1.54, 1.807) is 0 Å². The molecule has 35 heavy (non-hydrogen) atoms. The van der Waals surface area contributed by atoms with Gasteiger partial charge >= 0.3 is 0 Å². The summed E-state index contributed by atoms with van der Waals surface area (Å²) in [6, 6.07) is 9.34. The number of nitrogens with two attached hydrogens (primary N) is 1. The van der Waals surface area contributed by atoms with E-state index < -0.39 is 24.5 Å². The molecule has 184 valence electrons. The number of nitrogens with one attached hydrogen (secondary N) is 1. The quantitative estimate of drug-likeness (QED) is 0.215. The minimum absolute atomic E-state index is 0.116. The first-order valence-electron chi connectivity index (χ1n) is 11.2. The Hall–Kier alpha value is -3.72. The summed E-state index contributed by atoms with van der Waals surface area (Å²) < 4.78 is 7.40. The third-order valence-electron chi connectivity index (χ3n) is 5.85. The van der Waals surface area contributed by atoms with Crippen molar-refractivity contribution in [2.45, 2.75) is 50.5 Å². The van der Waals surface area contributed by atoms with E-state index in [2.05, 4.69) is 35.7 Å². The summed E-state index contributed by atoms with van der Waals surface area (Å²) in [5.41, 5.74) is 7.76. The van der Waals surface area contributed by atoms with Crippen molar-refractivity contribution in [3.8, 4) is 0 Å². The molecule has 0 amide bonds. The number of imidazole rings is 1. The SMILES string of the molecule is CCn1nnc([C@H]2O[C@@H](n3cnc4c(N)nc(N[C@H](CO)Cc5ccccc5)nc43)C(O)C2O)n1. The fourth-order valence-electron chi connectivity index (χ4n) is 4.04. The Kier molecular flexibility index (Phi) is 6.25. The molecule has 6 N–H and O–H groups in total. The van der Waals surface area contributed by atoms with Crippen LogP contribution in [0.3, 0.4) is 0 Å². The number of hydrogen-bond donors (Lipinski definition) is 5. The number of benzene rings is 1. The van der Waals surface area contributed by atoms with E-state index >= 15 is 0 Å². The monoisotopic (exact) mass is 482 g/mol. The Morgan fingerprint density at radius 2 is 1.97 bits per heavy atom. The average Bonchev–Trinajstić information content (AvgIpc) is 3.58. The number of ether oxygens (including phenoxy) is 1. The second-order valence-corrected chi connectivity index (χ2v) is 8.23. The van der Waals surface area contributed by atoms with Crippen molar-refractivity contribution in [2.24, 2.45) is 0 Å². The Morgan fingerprint density at radius 3 is 2.69 bits per heavy atom. The molecular formula is C21H26N10O4. The van der Waals surface area contributed by atoms with Crippen LogP contribution in [0.15, 0.2) is 36.7 Å². The number of rotatable bonds is 8. The first kappa shape index (κ1) is 23.0. The van der Waals surface area contributed by atoms with Gasteiger partial charge in [-0.2, -0.15) is 14.8 Å². The van der Waals surface area contributed by atoms with Crippen molar-refractivity contribution in [1.29, 1.82) is 0 Å². The van der Waals surface area contributed by atoms with Crippen LogP contribution in [0.2, 0.25) is 0 Å². The number of aliphatic hydroxyl groups excluding tert-OH is 3. The number of tetrazole rings is 1. The molecule has 5 atom stereocenters. The first-order valence-corrected chi connectivity index (χ1v) is 11.2. The van der Waals surface area contributed by atoms with Gasteiger partial charge in [-0.25, -0.2) is 4.98 Å². The van der Waals surface area contributed by atoms with Crippen LogP contribution in [-0.4, -0.2) is 79.9 Å². The predicted octanol–water partition coefficient (Wildman–Crippen LogP) is -0.578. The van der Waals surface area contributed by atoms with Crippen LogP contribution in [0, 0.1) is 0 Å². The largest absolute Gasteiger partial charge is 0.394 e. The molecule has 1 saturated heterocycles. The summed E-state index contributed by atoms with van der Waals surface area (Å²) in [5.74, 6) is 0.460. The van der Waals surface area contributed by atoms with Crippen molar-refractivity contribution < 1.29 is 20.1 Å². The summed E-state index contributed by atoms with van der Waals surface area (Å²) >= 11 is 0. The van der Waals surface area contributed by atoms with Gasteiger partial charge in [0.05, 0.1) is 25.5 Å². The van der Waals surface area contributed by atoms with Gasteiger partial charge in [-0.15, -0.1) is 10.2 Å². The van der Waals surface area contributed by atoms with Gasteiger partial charge < -0.3 is 31.1 Å². The van der Waals surface area contributed by atoms with E-state index in [4.69, 9.17) is 10.5 Å². The molecule has 5 rings (SSSR count). The van der Waals surface area contributed by atoms with Gasteiger partial charge in [-0.3, -0.25) is 4.57 Å². The van der Waals surface area contributed by atoms with Gasteiger partial charge in [0.25, 0.3) is 0 Å². The van der Waals surface area contributed by atoms with Gasteiger partial charge in [-0.05, 0) is 24.1 Å². The van der Waals surface area contributed by atoms with Crippen molar-refractivity contribution in [1.82, 2.24) is 39.7 Å². The molecule has 1 aliphatic heterocycles. The highest BCUT2D eigenvalue weighted by Crippen LogP contribution is 2.38. The number of nitrogens with zero attached hydrogens (tertiary/aromatic N) is 8. The maximum absolute atomic E-state index is 10.7. The number of aliphatic hydroxyl groups is 3. The highest BCUT2D eigenvalue weighted by molar-refractivity contribution is 5.83. The first-order chi connectivity index (χ1) is 17.0. The van der Waals surface area contributed by atoms with Crippen LogP contribution < -0.4 is 11.1 Å². The highest BCUT2D eigenvalue weighted by Gasteiger charge is 2.47. The minimum atomic E-state index is -1.32. The molecule has 0 radical (unpaired) electrons. The number of nitrogen functional groups attached to an aromatic ring is 1. The van der Waals surface area contributed by atoms with E-state index in [9.17, 15) is 15.3 Å². The van der Waals surface area contributed by atoms with Gasteiger partial charge in [-0.1, -0.05) is 30.3 Å². The third kappa shape index (κ3) is 4.39. The normalized spacial score (nSPS) is 23.1. The lowest BCUT2D eigenvalue weighted by molar-refractivity contribution is -0.0384. The zero-order chi connectivity index (χ0) is 24.5. The summed E-state index contributed by atoms with van der Waals surface area (Å²) in [6.45, 7) is 2.20. The topological polar surface area (TPSA) is 195 Å². The number of fused-ring (bicyclic) bond motifs is 1. The Balaban J connectivity index is 1.42. The number of aromatic nitrogens is 8. The second kappa shape index (κ2) is 9.50. The number of aryl methyl sites for hydroxylation is 1. The van der Waals surface area contributed by atoms with Gasteiger partial charge in [0, 0.05) is 0 Å². The van der Waals surface area contributed by atoms with Crippen LogP contribution in [0.4, 0.5) is 11.8 Å². The molecule has 4 aromatic rings. The van der Waals surface area contributed by atoms with Crippen LogP contribution >= 0.6 is 0 Å². The van der Waals surface area contributed by atoms with E-state index in [0.717, 1.165) is 5.56 Å². The van der Waals surface area contributed by atoms with Gasteiger partial charge in [0.15, 0.2) is 23.8 Å². The third-order valence-corrected chi connectivity index (χ3v) is 5.85. The minimum Gasteiger partial charge on any atom is -0.394 e. The van der Waals surface area contributed by atoms with Crippen LogP contribution in [0.5, 0.6) is 0 Å². The van der Waals surface area contributed by atoms with Crippen molar-refractivity contribution in [2.75, 3.05) is 17.7 Å². The average molecular weight is 483 g/mol. The molecular weight excluding hydrogens is 456 g/mol. The zero-order valence-corrected chi connectivity index (χ0v) is 18.9. The van der Waals surface area contributed by atoms with Gasteiger partial charge in [0.1, 0.15) is 17.7 Å². The molecule has 1 aliphatic rings. The molecule has 0 saturated carbocycles. The summed E-state index contributed by atoms with van der Waals surface area (Å²) in [6.07, 6.45) is -2.69. The van der Waals surface area contributed by atoms with E-state index in [-0.39, 0.29) is 30.2 Å². The maximum Gasteiger partial charge on any atom is 0.227 e. The molecule has 14 nitrogen and oxygen atoms in total. The van der Waals surface area contributed by atoms with E-state index in [0.29, 0.717) is 24.1 Å². The summed E-state index contributed by atoms with van der Waals surface area (Å²) in [5, 5.41) is 46.3. The molecule has 0 bridgehead atoms. The lowest BCUT2D eigenvalue weighted by atomic mass is 10.1. The molecule has 4 heterocycles. The van der Waals surface area contributed by atoms with Crippen LogP contribution in [-0.2, 0) is 17.7 Å². The predicted molar refractivity (Wildman–Crippen MR) is 123 cm³/mol. The van der Waals surface area contributed by atoms with Crippen molar-refractivity contribution >= 4 is 22.9 Å². The number of anilines is 2. The smallest absolute Gasteiger partial charge is 0.227 e. The molecule has 14 heteroatoms. The van der Waals surface area contributed by atoms with Crippen LogP contribution in [0.25, 0.3) is 11.2 Å². The molecule has 2 unspecified atom stereocenters. The van der Waals surface area contributed by atoms with E-state index in [1.807, 2.05) is 37.3 Å². The fraction of sp³-hybridized carbons (Fsp3) is 0.429. The van der Waals surface area contributed by atoms with Crippen molar-refractivity contribution in [3.05, 3.63) is 48.0 Å². The molecule has 1 aromatic carbocycles. The number of hydrogen-bond acceptors (Lipinski definition) is 12. The van der Waals surface area contributed by atoms with Gasteiger partial charge in [0.2, 0.25) is 11.8 Å². The van der Waals surface area contributed by atoms with Crippen molar-refractivity contribution in [3.63, 3.8) is 0 Å². The Labute approximate surface area is 199 Å². The summed E-state index contributed by atoms with van der Waals surface area (Å²) in [7, 11) is 0.